The average Bonchev–Trinajstić information content (AvgIpc) is 3.42. The van der Waals surface area contributed by atoms with Gasteiger partial charge in [0, 0.05) is 18.6 Å². The van der Waals surface area contributed by atoms with Crippen LogP contribution in [0.15, 0.2) is 52.7 Å². The van der Waals surface area contributed by atoms with E-state index >= 15 is 0 Å². The smallest absolute Gasteiger partial charge is 0.337 e. The summed E-state index contributed by atoms with van der Waals surface area (Å²) in [4.78, 5) is 36.7. The molecule has 0 atom stereocenters. The number of ether oxygens (including phenoxy) is 4. The summed E-state index contributed by atoms with van der Waals surface area (Å²) in [5.74, 6) is 0.356. The Morgan fingerprint density at radius 3 is 2.53 bits per heavy atom. The van der Waals surface area contributed by atoms with Crippen molar-refractivity contribution in [2.75, 3.05) is 14.2 Å². The molecule has 4 rings (SSSR count). The molecule has 3 aromatic rings. The summed E-state index contributed by atoms with van der Waals surface area (Å²) >= 11 is 0. The SMILES string of the molecule is COC(=O)c1ccc(/C=C2\Oc3cc(OC(=O)CCc4cc(OC)no4)cc(C)c3C2=O)cc1. The molecular weight excluding hydrogens is 442 g/mol. The molecule has 1 aliphatic rings. The van der Waals surface area contributed by atoms with Crippen LogP contribution in [0.4, 0.5) is 0 Å². The molecule has 9 nitrogen and oxygen atoms in total. The topological polar surface area (TPSA) is 114 Å². The standard InChI is InChI=1S/C25H21NO8/c1-14-10-18(32-22(27)9-8-17-13-21(30-2)26-34-17)12-19-23(14)24(28)20(33-19)11-15-4-6-16(7-5-15)25(29)31-3/h4-7,10-13H,8-9H2,1-3H3/b20-11-. The summed E-state index contributed by atoms with van der Waals surface area (Å²) in [7, 11) is 2.78. The molecule has 0 saturated heterocycles. The van der Waals surface area contributed by atoms with E-state index < -0.39 is 11.9 Å². The van der Waals surface area contributed by atoms with Crippen LogP contribution in [0.5, 0.6) is 17.4 Å². The highest BCUT2D eigenvalue weighted by molar-refractivity contribution is 6.15. The van der Waals surface area contributed by atoms with E-state index in [1.165, 1.54) is 20.3 Å². The van der Waals surface area contributed by atoms with Crippen molar-refractivity contribution in [3.8, 4) is 17.4 Å². The largest absolute Gasteiger partial charge is 0.479 e. The summed E-state index contributed by atoms with van der Waals surface area (Å²) in [6.45, 7) is 1.74. The number of carbonyl (C=O) groups is 3. The molecule has 1 aromatic heterocycles. The Morgan fingerprint density at radius 2 is 1.85 bits per heavy atom. The van der Waals surface area contributed by atoms with E-state index in [-0.39, 0.29) is 23.7 Å². The van der Waals surface area contributed by atoms with Crippen LogP contribution in [0.25, 0.3) is 6.08 Å². The minimum atomic E-state index is -0.472. The minimum Gasteiger partial charge on any atom is -0.479 e. The van der Waals surface area contributed by atoms with Gasteiger partial charge in [-0.3, -0.25) is 9.59 Å². The Hall–Kier alpha value is -4.40. The van der Waals surface area contributed by atoms with Gasteiger partial charge in [-0.25, -0.2) is 4.79 Å². The number of aromatic nitrogens is 1. The molecule has 1 aliphatic heterocycles. The first kappa shape index (κ1) is 22.8. The van der Waals surface area contributed by atoms with Crippen molar-refractivity contribution < 1.29 is 37.9 Å². The van der Waals surface area contributed by atoms with Gasteiger partial charge in [-0.05, 0) is 47.5 Å². The Labute approximate surface area is 194 Å². The van der Waals surface area contributed by atoms with Crippen LogP contribution >= 0.6 is 0 Å². The quantitative estimate of drug-likeness (QED) is 0.292. The lowest BCUT2D eigenvalue weighted by Crippen LogP contribution is -2.09. The molecule has 174 valence electrons. The van der Waals surface area contributed by atoms with Crippen molar-refractivity contribution in [3.05, 3.63) is 76.2 Å². The van der Waals surface area contributed by atoms with E-state index in [1.807, 2.05) is 0 Å². The van der Waals surface area contributed by atoms with Crippen LogP contribution in [0, 0.1) is 6.92 Å². The fraction of sp³-hybridized carbons (Fsp3) is 0.200. The average molecular weight is 463 g/mol. The van der Waals surface area contributed by atoms with Crippen LogP contribution in [-0.4, -0.2) is 37.1 Å². The van der Waals surface area contributed by atoms with E-state index in [0.717, 1.165) is 0 Å². The van der Waals surface area contributed by atoms with Crippen molar-refractivity contribution in [1.29, 1.82) is 0 Å². The van der Waals surface area contributed by atoms with Crippen LogP contribution < -0.4 is 14.2 Å². The van der Waals surface area contributed by atoms with Crippen LogP contribution in [0.2, 0.25) is 0 Å². The van der Waals surface area contributed by atoms with Crippen molar-refractivity contribution >= 4 is 23.8 Å². The molecule has 2 heterocycles. The van der Waals surface area contributed by atoms with E-state index in [2.05, 4.69) is 9.89 Å². The third-order valence-corrected chi connectivity index (χ3v) is 5.13. The summed E-state index contributed by atoms with van der Waals surface area (Å²) in [5.41, 5.74) is 2.11. The summed E-state index contributed by atoms with van der Waals surface area (Å²) in [5, 5.41) is 3.68. The molecule has 0 amide bonds. The number of ketones is 1. The van der Waals surface area contributed by atoms with Gasteiger partial charge in [-0.2, -0.15) is 0 Å². The second kappa shape index (κ2) is 9.62. The summed E-state index contributed by atoms with van der Waals surface area (Å²) in [6.07, 6.45) is 1.96. The predicted octanol–water partition coefficient (Wildman–Crippen LogP) is 3.93. The fourth-order valence-electron chi connectivity index (χ4n) is 3.44. The maximum atomic E-state index is 12.9. The molecule has 0 bridgehead atoms. The monoisotopic (exact) mass is 463 g/mol. The lowest BCUT2D eigenvalue weighted by molar-refractivity contribution is -0.134. The number of benzene rings is 2. The number of nitrogens with zero attached hydrogens (tertiary/aromatic N) is 1. The number of hydrogen-bond donors (Lipinski definition) is 0. The van der Waals surface area contributed by atoms with Gasteiger partial charge in [0.25, 0.3) is 5.88 Å². The normalized spacial score (nSPS) is 13.4. The highest BCUT2D eigenvalue weighted by atomic mass is 16.5. The Kier molecular flexibility index (Phi) is 6.44. The molecule has 0 saturated carbocycles. The Morgan fingerprint density at radius 1 is 1.09 bits per heavy atom. The summed E-state index contributed by atoms with van der Waals surface area (Å²) < 4.78 is 25.9. The van der Waals surface area contributed by atoms with Gasteiger partial charge < -0.3 is 23.5 Å². The first-order chi connectivity index (χ1) is 16.4. The van der Waals surface area contributed by atoms with Gasteiger partial charge in [0.1, 0.15) is 17.3 Å². The van der Waals surface area contributed by atoms with Crippen LogP contribution in [0.1, 0.15) is 44.0 Å². The fourth-order valence-corrected chi connectivity index (χ4v) is 3.44. The molecule has 2 aromatic carbocycles. The highest BCUT2D eigenvalue weighted by Crippen LogP contribution is 2.37. The maximum Gasteiger partial charge on any atom is 0.337 e. The van der Waals surface area contributed by atoms with Crippen molar-refractivity contribution in [2.24, 2.45) is 0 Å². The molecular formula is C25H21NO8. The first-order valence-electron chi connectivity index (χ1n) is 10.4. The molecule has 0 radical (unpaired) electrons. The minimum absolute atomic E-state index is 0.0704. The van der Waals surface area contributed by atoms with Crippen LogP contribution in [0.3, 0.4) is 0 Å². The zero-order chi connectivity index (χ0) is 24.2. The lowest BCUT2D eigenvalue weighted by atomic mass is 10.0. The molecule has 0 N–H and O–H groups in total. The number of methoxy groups -OCH3 is 2. The van der Waals surface area contributed by atoms with Crippen molar-refractivity contribution in [3.63, 3.8) is 0 Å². The van der Waals surface area contributed by atoms with Crippen molar-refractivity contribution in [2.45, 2.75) is 19.8 Å². The Bertz CT molecular complexity index is 1290. The number of fused-ring (bicyclic) bond motifs is 1. The van der Waals surface area contributed by atoms with E-state index in [0.29, 0.717) is 46.1 Å². The lowest BCUT2D eigenvalue weighted by Gasteiger charge is -2.07. The van der Waals surface area contributed by atoms with Gasteiger partial charge in [-0.15, -0.1) is 0 Å². The number of allylic oxidation sites excluding steroid dienone is 1. The van der Waals surface area contributed by atoms with Gasteiger partial charge in [0.15, 0.2) is 5.76 Å². The second-order valence-corrected chi connectivity index (χ2v) is 7.48. The Balaban J connectivity index is 1.45. The number of esters is 2. The zero-order valence-corrected chi connectivity index (χ0v) is 18.7. The molecule has 0 spiro atoms. The first-order valence-corrected chi connectivity index (χ1v) is 10.4. The summed E-state index contributed by atoms with van der Waals surface area (Å²) in [6, 6.07) is 11.3. The van der Waals surface area contributed by atoms with Gasteiger partial charge in [-0.1, -0.05) is 12.1 Å². The number of hydrogen-bond acceptors (Lipinski definition) is 9. The van der Waals surface area contributed by atoms with Gasteiger partial charge in [0.05, 0.1) is 31.8 Å². The molecule has 0 fully saturated rings. The number of aryl methyl sites for hydroxylation is 2. The van der Waals surface area contributed by atoms with Gasteiger partial charge >= 0.3 is 11.9 Å². The number of carbonyl (C=O) groups excluding carboxylic acids is 3. The van der Waals surface area contributed by atoms with Crippen LogP contribution in [-0.2, 0) is 16.0 Å². The van der Waals surface area contributed by atoms with E-state index in [4.69, 9.17) is 18.7 Å². The second-order valence-electron chi connectivity index (χ2n) is 7.48. The van der Waals surface area contributed by atoms with Crippen molar-refractivity contribution in [1.82, 2.24) is 5.16 Å². The predicted molar refractivity (Wildman–Crippen MR) is 119 cm³/mol. The highest BCUT2D eigenvalue weighted by Gasteiger charge is 2.30. The van der Waals surface area contributed by atoms with Gasteiger partial charge in [0.2, 0.25) is 5.78 Å². The third-order valence-electron chi connectivity index (χ3n) is 5.13. The molecule has 9 heteroatoms. The maximum absolute atomic E-state index is 12.9. The number of Topliss-reactive ketones (excluding diaryl/α,β-unsaturated/α-hetero) is 1. The zero-order valence-electron chi connectivity index (χ0n) is 18.7. The molecule has 0 unspecified atom stereocenters. The number of rotatable bonds is 7. The van der Waals surface area contributed by atoms with E-state index in [9.17, 15) is 14.4 Å². The third kappa shape index (κ3) is 4.83. The van der Waals surface area contributed by atoms with E-state index in [1.54, 1.807) is 49.4 Å². The molecule has 34 heavy (non-hydrogen) atoms. The molecule has 0 aliphatic carbocycles.